The molecule has 0 bridgehead atoms. The first-order chi connectivity index (χ1) is 7.19. The fourth-order valence-electron chi connectivity index (χ4n) is 2.29. The Balaban J connectivity index is 0.00000128. The van der Waals surface area contributed by atoms with E-state index in [1.807, 2.05) is 11.3 Å². The minimum atomic E-state index is 0. The molecule has 1 aromatic rings. The lowest BCUT2D eigenvalue weighted by molar-refractivity contribution is 0.322. The summed E-state index contributed by atoms with van der Waals surface area (Å²) in [6.07, 6.45) is 1.29. The van der Waals surface area contributed by atoms with Crippen molar-refractivity contribution >= 4 is 23.7 Å². The number of aryl methyl sites for hydroxylation is 2. The Bertz CT molecular complexity index is 338. The zero-order valence-corrected chi connectivity index (χ0v) is 11.9. The molecule has 0 spiro atoms. The molecule has 0 radical (unpaired) electrons. The maximum atomic E-state index is 3.36. The van der Waals surface area contributed by atoms with Crippen molar-refractivity contribution in [1.82, 2.24) is 10.2 Å². The monoisotopic (exact) mass is 260 g/mol. The van der Waals surface area contributed by atoms with Crippen molar-refractivity contribution in [2.24, 2.45) is 0 Å². The highest BCUT2D eigenvalue weighted by molar-refractivity contribution is 7.12. The minimum absolute atomic E-state index is 0. The van der Waals surface area contributed by atoms with E-state index in [0.29, 0.717) is 6.04 Å². The Kier molecular flexibility index (Phi) is 5.25. The molecule has 1 unspecified atom stereocenters. The summed E-state index contributed by atoms with van der Waals surface area (Å²) in [5.74, 6) is 0. The van der Waals surface area contributed by atoms with Gasteiger partial charge in [-0.15, -0.1) is 23.7 Å². The zero-order valence-electron chi connectivity index (χ0n) is 10.2. The molecule has 0 aromatic carbocycles. The van der Waals surface area contributed by atoms with Crippen LogP contribution in [-0.4, -0.2) is 31.1 Å². The molecule has 1 N–H and O–H groups in total. The van der Waals surface area contributed by atoms with E-state index >= 15 is 0 Å². The first-order valence-electron chi connectivity index (χ1n) is 5.64. The average molecular weight is 261 g/mol. The van der Waals surface area contributed by atoms with Crippen molar-refractivity contribution in [1.29, 1.82) is 0 Å². The molecule has 0 amide bonds. The van der Waals surface area contributed by atoms with E-state index in [0.717, 1.165) is 6.54 Å². The highest BCUT2D eigenvalue weighted by atomic mass is 35.5. The molecule has 2 nitrogen and oxygen atoms in total. The highest BCUT2D eigenvalue weighted by Crippen LogP contribution is 2.23. The van der Waals surface area contributed by atoms with Crippen LogP contribution in [0.4, 0.5) is 0 Å². The second-order valence-electron chi connectivity index (χ2n) is 4.45. The van der Waals surface area contributed by atoms with Gasteiger partial charge in [0.15, 0.2) is 0 Å². The van der Waals surface area contributed by atoms with Gasteiger partial charge in [-0.05, 0) is 38.9 Å². The van der Waals surface area contributed by atoms with Crippen molar-refractivity contribution in [3.63, 3.8) is 0 Å². The van der Waals surface area contributed by atoms with Gasteiger partial charge in [-0.3, -0.25) is 4.90 Å². The van der Waals surface area contributed by atoms with Crippen molar-refractivity contribution in [3.8, 4) is 0 Å². The molecule has 1 saturated heterocycles. The SMILES string of the molecule is CNC1CCN(Cc2cc(C)sc2C)C1.Cl. The van der Waals surface area contributed by atoms with E-state index in [1.165, 1.54) is 34.8 Å². The van der Waals surface area contributed by atoms with Crippen molar-refractivity contribution < 1.29 is 0 Å². The predicted molar refractivity (Wildman–Crippen MR) is 73.8 cm³/mol. The fraction of sp³-hybridized carbons (Fsp3) is 0.667. The number of hydrogen-bond acceptors (Lipinski definition) is 3. The highest BCUT2D eigenvalue weighted by Gasteiger charge is 2.21. The Morgan fingerprint density at radius 3 is 2.75 bits per heavy atom. The van der Waals surface area contributed by atoms with Crippen LogP contribution in [0.15, 0.2) is 6.07 Å². The van der Waals surface area contributed by atoms with Gasteiger partial charge in [-0.25, -0.2) is 0 Å². The van der Waals surface area contributed by atoms with E-state index in [4.69, 9.17) is 0 Å². The van der Waals surface area contributed by atoms with Gasteiger partial charge in [0.1, 0.15) is 0 Å². The van der Waals surface area contributed by atoms with E-state index in [9.17, 15) is 0 Å². The number of nitrogens with zero attached hydrogens (tertiary/aromatic N) is 1. The number of thiophene rings is 1. The third kappa shape index (κ3) is 3.20. The Labute approximate surface area is 108 Å². The fourth-order valence-corrected chi connectivity index (χ4v) is 3.23. The Hall–Kier alpha value is -0.0900. The minimum Gasteiger partial charge on any atom is -0.316 e. The van der Waals surface area contributed by atoms with E-state index in [1.54, 1.807) is 0 Å². The summed E-state index contributed by atoms with van der Waals surface area (Å²) < 4.78 is 0. The first-order valence-corrected chi connectivity index (χ1v) is 6.46. The maximum Gasteiger partial charge on any atom is 0.0245 e. The zero-order chi connectivity index (χ0) is 10.8. The summed E-state index contributed by atoms with van der Waals surface area (Å²) in [5, 5.41) is 3.36. The van der Waals surface area contributed by atoms with Crippen LogP contribution in [0.5, 0.6) is 0 Å². The average Bonchev–Trinajstić information content (AvgIpc) is 2.75. The van der Waals surface area contributed by atoms with Crippen LogP contribution in [-0.2, 0) is 6.54 Å². The van der Waals surface area contributed by atoms with Gasteiger partial charge < -0.3 is 5.32 Å². The molecule has 16 heavy (non-hydrogen) atoms. The van der Waals surface area contributed by atoms with Crippen LogP contribution in [0.1, 0.15) is 21.7 Å². The lowest BCUT2D eigenvalue weighted by Crippen LogP contribution is -2.29. The second-order valence-corrected chi connectivity index (χ2v) is 5.91. The lowest BCUT2D eigenvalue weighted by Gasteiger charge is -2.15. The van der Waals surface area contributed by atoms with E-state index < -0.39 is 0 Å². The van der Waals surface area contributed by atoms with Crippen LogP contribution in [0, 0.1) is 13.8 Å². The van der Waals surface area contributed by atoms with Crippen LogP contribution in [0.3, 0.4) is 0 Å². The number of hydrogen-bond donors (Lipinski definition) is 1. The predicted octanol–water partition coefficient (Wildman–Crippen LogP) is 2.58. The topological polar surface area (TPSA) is 15.3 Å². The van der Waals surface area contributed by atoms with Gasteiger partial charge in [0.05, 0.1) is 0 Å². The Morgan fingerprint density at radius 2 is 2.25 bits per heavy atom. The maximum absolute atomic E-state index is 3.36. The molecule has 1 aliphatic rings. The summed E-state index contributed by atoms with van der Waals surface area (Å²) in [4.78, 5) is 5.47. The molecular formula is C12H21ClN2S. The second kappa shape index (κ2) is 6.01. The summed E-state index contributed by atoms with van der Waals surface area (Å²) in [6.45, 7) is 8.00. The van der Waals surface area contributed by atoms with E-state index in [2.05, 4.69) is 37.2 Å². The number of likely N-dealkylation sites (tertiary alicyclic amines) is 1. The third-order valence-electron chi connectivity index (χ3n) is 3.22. The van der Waals surface area contributed by atoms with Crippen LogP contribution >= 0.6 is 23.7 Å². The van der Waals surface area contributed by atoms with Gasteiger partial charge in [0, 0.05) is 35.4 Å². The molecule has 1 aliphatic heterocycles. The first kappa shape index (κ1) is 14.0. The lowest BCUT2D eigenvalue weighted by atomic mass is 10.2. The summed E-state index contributed by atoms with van der Waals surface area (Å²) >= 11 is 1.92. The normalized spacial score (nSPS) is 21.1. The van der Waals surface area contributed by atoms with Crippen molar-refractivity contribution in [3.05, 3.63) is 21.4 Å². The molecule has 2 rings (SSSR count). The van der Waals surface area contributed by atoms with Gasteiger partial charge in [0.2, 0.25) is 0 Å². The molecule has 0 saturated carbocycles. The van der Waals surface area contributed by atoms with Crippen LogP contribution in [0.25, 0.3) is 0 Å². The van der Waals surface area contributed by atoms with E-state index in [-0.39, 0.29) is 12.4 Å². The number of rotatable bonds is 3. The number of nitrogens with one attached hydrogen (secondary N) is 1. The van der Waals surface area contributed by atoms with Gasteiger partial charge in [0.25, 0.3) is 0 Å². The third-order valence-corrected chi connectivity index (χ3v) is 4.23. The quantitative estimate of drug-likeness (QED) is 0.899. The van der Waals surface area contributed by atoms with Gasteiger partial charge in [-0.1, -0.05) is 0 Å². The molecule has 2 heterocycles. The molecule has 1 atom stereocenters. The molecule has 1 aromatic heterocycles. The molecule has 4 heteroatoms. The standard InChI is InChI=1S/C12H20N2S.ClH/c1-9-6-11(10(2)15-9)7-14-5-4-12(8-14)13-3;/h6,12-13H,4-5,7-8H2,1-3H3;1H. The number of halogens is 1. The Morgan fingerprint density at radius 1 is 1.50 bits per heavy atom. The number of likely N-dealkylation sites (N-methyl/N-ethyl adjacent to an activating group) is 1. The molecule has 0 aliphatic carbocycles. The van der Waals surface area contributed by atoms with Gasteiger partial charge >= 0.3 is 0 Å². The van der Waals surface area contributed by atoms with Gasteiger partial charge in [-0.2, -0.15) is 0 Å². The largest absolute Gasteiger partial charge is 0.316 e. The summed E-state index contributed by atoms with van der Waals surface area (Å²) in [7, 11) is 2.06. The summed E-state index contributed by atoms with van der Waals surface area (Å²) in [6, 6.07) is 3.04. The van der Waals surface area contributed by atoms with Crippen molar-refractivity contribution in [2.75, 3.05) is 20.1 Å². The molecular weight excluding hydrogens is 240 g/mol. The van der Waals surface area contributed by atoms with Crippen LogP contribution in [0.2, 0.25) is 0 Å². The summed E-state index contributed by atoms with van der Waals surface area (Å²) in [5.41, 5.74) is 1.52. The smallest absolute Gasteiger partial charge is 0.0245 e. The van der Waals surface area contributed by atoms with Crippen LogP contribution < -0.4 is 5.32 Å². The van der Waals surface area contributed by atoms with Crippen molar-refractivity contribution in [2.45, 2.75) is 32.9 Å². The molecule has 1 fully saturated rings. The molecule has 92 valence electrons.